The van der Waals surface area contributed by atoms with Gasteiger partial charge < -0.3 is 19.7 Å². The molecule has 4 aromatic rings. The van der Waals surface area contributed by atoms with Crippen molar-refractivity contribution in [1.82, 2.24) is 10.3 Å². The largest absolute Gasteiger partial charge is 0.490 e. The lowest BCUT2D eigenvalue weighted by atomic mass is 10.1. The zero-order valence-electron chi connectivity index (χ0n) is 21.7. The second-order valence-corrected chi connectivity index (χ2v) is 9.79. The molecule has 7 heteroatoms. The van der Waals surface area contributed by atoms with Crippen LogP contribution in [0.2, 0.25) is 0 Å². The van der Waals surface area contributed by atoms with Gasteiger partial charge in [0.25, 0.3) is 0 Å². The van der Waals surface area contributed by atoms with Crippen LogP contribution in [0.3, 0.4) is 0 Å². The molecule has 1 unspecified atom stereocenters. The molecule has 6 rings (SSSR count). The van der Waals surface area contributed by atoms with Crippen LogP contribution in [0.5, 0.6) is 17.4 Å². The summed E-state index contributed by atoms with van der Waals surface area (Å²) in [6, 6.07) is 25.6. The number of fused-ring (bicyclic) bond motifs is 3. The van der Waals surface area contributed by atoms with Crippen molar-refractivity contribution in [1.29, 1.82) is 0 Å². The Morgan fingerprint density at radius 2 is 1.77 bits per heavy atom. The van der Waals surface area contributed by atoms with Crippen molar-refractivity contribution in [3.63, 3.8) is 0 Å². The molecule has 0 radical (unpaired) electrons. The Balaban J connectivity index is 1.05. The number of nitrogens with one attached hydrogen (secondary N) is 1. The third-order valence-electron chi connectivity index (χ3n) is 7.21. The topological polar surface area (TPSA) is 80.8 Å². The molecule has 2 amide bonds. The van der Waals surface area contributed by atoms with E-state index in [9.17, 15) is 9.59 Å². The first-order valence-electron chi connectivity index (χ1n) is 13.2. The van der Waals surface area contributed by atoms with Crippen molar-refractivity contribution >= 4 is 17.5 Å². The number of pyridine rings is 1. The molecule has 3 aromatic carbocycles. The molecule has 39 heavy (non-hydrogen) atoms. The molecule has 0 spiro atoms. The first kappa shape index (κ1) is 24.7. The first-order chi connectivity index (χ1) is 19.1. The van der Waals surface area contributed by atoms with Crippen LogP contribution < -0.4 is 19.7 Å². The van der Waals surface area contributed by atoms with Gasteiger partial charge in [-0.3, -0.25) is 9.59 Å². The van der Waals surface area contributed by atoms with Gasteiger partial charge in [-0.25, -0.2) is 4.98 Å². The summed E-state index contributed by atoms with van der Waals surface area (Å²) in [7, 11) is 0. The number of nitrogens with zero attached hydrogens (tertiary/aromatic N) is 2. The van der Waals surface area contributed by atoms with Crippen molar-refractivity contribution in [3.8, 4) is 28.5 Å². The molecule has 1 aliphatic carbocycles. The predicted molar refractivity (Wildman–Crippen MR) is 149 cm³/mol. The van der Waals surface area contributed by atoms with Gasteiger partial charge in [0.05, 0.1) is 12.5 Å². The van der Waals surface area contributed by atoms with Gasteiger partial charge >= 0.3 is 0 Å². The zero-order valence-corrected chi connectivity index (χ0v) is 21.7. The monoisotopic (exact) mass is 519 g/mol. The van der Waals surface area contributed by atoms with Crippen molar-refractivity contribution < 1.29 is 19.1 Å². The first-order valence-corrected chi connectivity index (χ1v) is 13.2. The van der Waals surface area contributed by atoms with E-state index >= 15 is 0 Å². The number of aromatic nitrogens is 1. The number of benzene rings is 3. The second-order valence-electron chi connectivity index (χ2n) is 9.79. The SMILES string of the molecule is CCOc1ccccc1Oc1ccc(CNC(=O)C2CC(=O)N(c3ccc4c(c3)Cc3ccccc3-4)C2)cn1. The fourth-order valence-corrected chi connectivity index (χ4v) is 5.26. The number of carbonyl (C=O) groups excluding carboxylic acids is 2. The van der Waals surface area contributed by atoms with E-state index in [1.54, 1.807) is 17.2 Å². The number of carbonyl (C=O) groups is 2. The predicted octanol–water partition coefficient (Wildman–Crippen LogP) is 5.51. The van der Waals surface area contributed by atoms with Crippen molar-refractivity contribution in [3.05, 3.63) is 102 Å². The maximum absolute atomic E-state index is 12.9. The molecule has 1 aliphatic heterocycles. The number of rotatable bonds is 8. The van der Waals surface area contributed by atoms with Gasteiger partial charge in [0.2, 0.25) is 17.7 Å². The van der Waals surface area contributed by atoms with Crippen LogP contribution in [0.4, 0.5) is 5.69 Å². The minimum absolute atomic E-state index is 0.0267. The summed E-state index contributed by atoms with van der Waals surface area (Å²) in [6.45, 7) is 3.16. The second kappa shape index (κ2) is 10.6. The van der Waals surface area contributed by atoms with E-state index in [1.165, 1.54) is 22.3 Å². The third-order valence-corrected chi connectivity index (χ3v) is 7.21. The van der Waals surface area contributed by atoms with Crippen molar-refractivity contribution in [2.75, 3.05) is 18.1 Å². The molecule has 1 aromatic heterocycles. The lowest BCUT2D eigenvalue weighted by molar-refractivity contribution is -0.126. The van der Waals surface area contributed by atoms with E-state index in [4.69, 9.17) is 9.47 Å². The maximum atomic E-state index is 12.9. The molecule has 0 bridgehead atoms. The van der Waals surface area contributed by atoms with Gasteiger partial charge in [-0.1, -0.05) is 48.5 Å². The fourth-order valence-electron chi connectivity index (χ4n) is 5.26. The van der Waals surface area contributed by atoms with Crippen LogP contribution >= 0.6 is 0 Å². The average molecular weight is 520 g/mol. The number of ether oxygens (including phenoxy) is 2. The minimum atomic E-state index is -0.395. The molecule has 1 saturated heterocycles. The summed E-state index contributed by atoms with van der Waals surface area (Å²) >= 11 is 0. The van der Waals surface area contributed by atoms with Crippen molar-refractivity contribution in [2.45, 2.75) is 26.3 Å². The molecule has 1 atom stereocenters. The minimum Gasteiger partial charge on any atom is -0.490 e. The Morgan fingerprint density at radius 1 is 0.974 bits per heavy atom. The summed E-state index contributed by atoms with van der Waals surface area (Å²) in [6.07, 6.45) is 2.74. The molecule has 196 valence electrons. The Hall–Kier alpha value is -4.65. The van der Waals surface area contributed by atoms with Gasteiger partial charge in [-0.05, 0) is 65.4 Å². The highest BCUT2D eigenvalue weighted by Gasteiger charge is 2.35. The summed E-state index contributed by atoms with van der Waals surface area (Å²) in [5.74, 6) is 1.13. The Morgan fingerprint density at radius 3 is 2.59 bits per heavy atom. The highest BCUT2D eigenvalue weighted by molar-refractivity contribution is 6.00. The summed E-state index contributed by atoms with van der Waals surface area (Å²) in [5, 5.41) is 2.96. The summed E-state index contributed by atoms with van der Waals surface area (Å²) in [5.41, 5.74) is 6.70. The van der Waals surface area contributed by atoms with Crippen LogP contribution in [0.15, 0.2) is 85.1 Å². The Kier molecular flexibility index (Phi) is 6.71. The molecule has 2 heterocycles. The van der Waals surface area contributed by atoms with Gasteiger partial charge in [0.1, 0.15) is 0 Å². The van der Waals surface area contributed by atoms with Crippen LogP contribution in [0.25, 0.3) is 11.1 Å². The van der Waals surface area contributed by atoms with E-state index < -0.39 is 5.92 Å². The highest BCUT2D eigenvalue weighted by atomic mass is 16.5. The number of para-hydroxylation sites is 2. The lowest BCUT2D eigenvalue weighted by Gasteiger charge is -2.18. The smallest absolute Gasteiger partial charge is 0.227 e. The maximum Gasteiger partial charge on any atom is 0.227 e. The number of amides is 2. The van der Waals surface area contributed by atoms with Gasteiger partial charge in [-0.2, -0.15) is 0 Å². The summed E-state index contributed by atoms with van der Waals surface area (Å²) < 4.78 is 11.5. The quantitative estimate of drug-likeness (QED) is 0.292. The van der Waals surface area contributed by atoms with Gasteiger partial charge in [0.15, 0.2) is 11.5 Å². The number of hydrogen-bond donors (Lipinski definition) is 1. The molecule has 1 fully saturated rings. The summed E-state index contributed by atoms with van der Waals surface area (Å²) in [4.78, 5) is 31.9. The highest BCUT2D eigenvalue weighted by Crippen LogP contribution is 2.39. The average Bonchev–Trinajstić information content (AvgIpc) is 3.53. The van der Waals surface area contributed by atoms with Gasteiger partial charge in [-0.15, -0.1) is 0 Å². The zero-order chi connectivity index (χ0) is 26.8. The third kappa shape index (κ3) is 5.08. The number of anilines is 1. The van der Waals surface area contributed by atoms with Crippen molar-refractivity contribution in [2.24, 2.45) is 5.92 Å². The van der Waals surface area contributed by atoms with E-state index in [0.29, 0.717) is 37.1 Å². The van der Waals surface area contributed by atoms with E-state index in [-0.39, 0.29) is 18.2 Å². The number of hydrogen-bond acceptors (Lipinski definition) is 5. The molecule has 2 aliphatic rings. The van der Waals surface area contributed by atoms with E-state index in [2.05, 4.69) is 46.7 Å². The van der Waals surface area contributed by atoms with E-state index in [0.717, 1.165) is 17.7 Å². The standard InChI is InChI=1S/C32H29N3O4/c1-2-38-28-9-5-6-10-29(28)39-30-14-11-21(18-33-30)19-34-32(37)24-17-31(36)35(20-24)25-12-13-27-23(16-25)15-22-7-3-4-8-26(22)27/h3-14,16,18,24H,2,15,17,19-20H2,1H3,(H,34,37). The van der Waals surface area contributed by atoms with Crippen LogP contribution in [0.1, 0.15) is 30.0 Å². The van der Waals surface area contributed by atoms with Crippen LogP contribution in [-0.2, 0) is 22.6 Å². The Labute approximate surface area is 227 Å². The molecule has 0 saturated carbocycles. The normalized spacial score (nSPS) is 15.6. The van der Waals surface area contributed by atoms with Crippen LogP contribution in [-0.4, -0.2) is 29.9 Å². The molecular weight excluding hydrogens is 490 g/mol. The molecule has 7 nitrogen and oxygen atoms in total. The molecule has 1 N–H and O–H groups in total. The fraction of sp³-hybridized carbons (Fsp3) is 0.219. The molecular formula is C32H29N3O4. The van der Waals surface area contributed by atoms with Gasteiger partial charge in [0, 0.05) is 37.5 Å². The Bertz CT molecular complexity index is 1530. The van der Waals surface area contributed by atoms with Crippen LogP contribution in [0, 0.1) is 5.92 Å². The van der Waals surface area contributed by atoms with E-state index in [1.807, 2.05) is 43.3 Å². The lowest BCUT2D eigenvalue weighted by Crippen LogP contribution is -2.32.